The number of rotatable bonds is 2. The second kappa shape index (κ2) is 7.08. The largest absolute Gasteiger partial charge is 0.328 e. The van der Waals surface area contributed by atoms with Crippen LogP contribution in [0.1, 0.15) is 27.2 Å². The van der Waals surface area contributed by atoms with E-state index >= 15 is 0 Å². The first-order valence-corrected chi connectivity index (χ1v) is 9.47. The van der Waals surface area contributed by atoms with Gasteiger partial charge < -0.3 is 9.80 Å². The highest BCUT2D eigenvalue weighted by Gasteiger charge is 2.29. The Bertz CT molecular complexity index is 1070. The van der Waals surface area contributed by atoms with Crippen molar-refractivity contribution < 1.29 is 9.59 Å². The Morgan fingerprint density at radius 1 is 1.00 bits per heavy atom. The van der Waals surface area contributed by atoms with Crippen LogP contribution >= 0.6 is 0 Å². The van der Waals surface area contributed by atoms with Crippen LogP contribution in [0.4, 0.5) is 5.69 Å². The van der Waals surface area contributed by atoms with Crippen molar-refractivity contribution in [3.05, 3.63) is 70.9 Å². The summed E-state index contributed by atoms with van der Waals surface area (Å²) in [5, 5.41) is 0.874. The monoisotopic (exact) mass is 373 g/mol. The number of aromatic nitrogens is 1. The maximum atomic E-state index is 13.3. The van der Waals surface area contributed by atoms with E-state index in [2.05, 4.69) is 11.1 Å². The minimum absolute atomic E-state index is 0.0616. The molecule has 1 fully saturated rings. The Labute approximate surface area is 164 Å². The fourth-order valence-corrected chi connectivity index (χ4v) is 3.95. The van der Waals surface area contributed by atoms with Gasteiger partial charge in [0.15, 0.2) is 0 Å². The van der Waals surface area contributed by atoms with Gasteiger partial charge in [-0.05, 0) is 56.2 Å². The molecule has 0 bridgehead atoms. The molecule has 2 aromatic carbocycles. The summed E-state index contributed by atoms with van der Waals surface area (Å²) in [6, 6.07) is 15.5. The molecule has 0 N–H and O–H groups in total. The number of nitrogens with zero attached hydrogens (tertiary/aromatic N) is 3. The topological polar surface area (TPSA) is 53.5 Å². The zero-order chi connectivity index (χ0) is 19.8. The van der Waals surface area contributed by atoms with Crippen molar-refractivity contribution >= 4 is 28.4 Å². The lowest BCUT2D eigenvalue weighted by molar-refractivity contribution is -0.120. The molecule has 5 heteroatoms. The Morgan fingerprint density at radius 2 is 1.75 bits per heavy atom. The molecule has 1 aliphatic rings. The van der Waals surface area contributed by atoms with Gasteiger partial charge in [-0.3, -0.25) is 14.6 Å². The van der Waals surface area contributed by atoms with E-state index in [-0.39, 0.29) is 18.4 Å². The van der Waals surface area contributed by atoms with Gasteiger partial charge in [-0.1, -0.05) is 24.3 Å². The SMILES string of the molecule is Cc1cc(C)c2c(C(=O)N3CCN(c4ccccc4)C(=O)C3)cc(C)nc2c1. The molecule has 1 saturated heterocycles. The Balaban J connectivity index is 1.65. The summed E-state index contributed by atoms with van der Waals surface area (Å²) < 4.78 is 0. The van der Waals surface area contributed by atoms with E-state index in [1.54, 1.807) is 9.80 Å². The average Bonchev–Trinajstić information content (AvgIpc) is 2.66. The van der Waals surface area contributed by atoms with Crippen molar-refractivity contribution in [2.24, 2.45) is 0 Å². The summed E-state index contributed by atoms with van der Waals surface area (Å²) >= 11 is 0. The van der Waals surface area contributed by atoms with E-state index in [0.717, 1.165) is 33.4 Å². The van der Waals surface area contributed by atoms with Crippen LogP contribution in [0.15, 0.2) is 48.5 Å². The average molecular weight is 373 g/mol. The number of hydrogen-bond acceptors (Lipinski definition) is 3. The number of hydrogen-bond donors (Lipinski definition) is 0. The molecule has 1 aromatic heterocycles. The summed E-state index contributed by atoms with van der Waals surface area (Å²) in [7, 11) is 0. The lowest BCUT2D eigenvalue weighted by atomic mass is 9.99. The molecule has 0 aliphatic carbocycles. The van der Waals surface area contributed by atoms with Gasteiger partial charge in [-0.15, -0.1) is 0 Å². The first-order chi connectivity index (χ1) is 13.4. The van der Waals surface area contributed by atoms with Crippen LogP contribution in [0, 0.1) is 20.8 Å². The minimum atomic E-state index is -0.108. The molecular weight excluding hydrogens is 350 g/mol. The van der Waals surface area contributed by atoms with Crippen LogP contribution in [0.25, 0.3) is 10.9 Å². The molecule has 28 heavy (non-hydrogen) atoms. The first kappa shape index (κ1) is 18.2. The summed E-state index contributed by atoms with van der Waals surface area (Å²) in [5.41, 5.74) is 5.27. The highest BCUT2D eigenvalue weighted by molar-refractivity contribution is 6.09. The number of para-hydroxylation sites is 1. The van der Waals surface area contributed by atoms with Crippen LogP contribution < -0.4 is 4.90 Å². The predicted molar refractivity (Wildman–Crippen MR) is 111 cm³/mol. The molecule has 3 aromatic rings. The quantitative estimate of drug-likeness (QED) is 0.689. The molecule has 0 unspecified atom stereocenters. The number of benzene rings is 2. The second-order valence-electron chi connectivity index (χ2n) is 7.39. The maximum absolute atomic E-state index is 13.3. The van der Waals surface area contributed by atoms with Crippen LogP contribution in [-0.4, -0.2) is 41.3 Å². The summed E-state index contributed by atoms with van der Waals surface area (Å²) in [6.07, 6.45) is 0. The summed E-state index contributed by atoms with van der Waals surface area (Å²) in [6.45, 7) is 7.01. The summed E-state index contributed by atoms with van der Waals surface area (Å²) in [5.74, 6) is -0.169. The molecule has 0 spiro atoms. The zero-order valence-electron chi connectivity index (χ0n) is 16.4. The van der Waals surface area contributed by atoms with Gasteiger partial charge in [0.05, 0.1) is 11.1 Å². The van der Waals surface area contributed by atoms with Crippen molar-refractivity contribution in [1.29, 1.82) is 0 Å². The van der Waals surface area contributed by atoms with Gasteiger partial charge in [0, 0.05) is 29.9 Å². The van der Waals surface area contributed by atoms with E-state index in [9.17, 15) is 9.59 Å². The highest BCUT2D eigenvalue weighted by Crippen LogP contribution is 2.26. The predicted octanol–water partition coefficient (Wildman–Crippen LogP) is 3.65. The van der Waals surface area contributed by atoms with Crippen LogP contribution in [0.5, 0.6) is 0 Å². The molecule has 2 heterocycles. The second-order valence-corrected chi connectivity index (χ2v) is 7.39. The van der Waals surface area contributed by atoms with Crippen molar-refractivity contribution in [3.63, 3.8) is 0 Å². The Kier molecular flexibility index (Phi) is 4.59. The fraction of sp³-hybridized carbons (Fsp3) is 0.261. The first-order valence-electron chi connectivity index (χ1n) is 9.47. The van der Waals surface area contributed by atoms with Crippen molar-refractivity contribution in [1.82, 2.24) is 9.88 Å². The molecule has 5 nitrogen and oxygen atoms in total. The zero-order valence-corrected chi connectivity index (χ0v) is 16.4. The Morgan fingerprint density at radius 3 is 2.46 bits per heavy atom. The van der Waals surface area contributed by atoms with Crippen LogP contribution in [-0.2, 0) is 4.79 Å². The van der Waals surface area contributed by atoms with E-state index in [4.69, 9.17) is 0 Å². The van der Waals surface area contributed by atoms with E-state index in [0.29, 0.717) is 18.7 Å². The minimum Gasteiger partial charge on any atom is -0.328 e. The molecule has 0 atom stereocenters. The number of fused-ring (bicyclic) bond motifs is 1. The number of anilines is 1. The molecule has 0 saturated carbocycles. The number of piperazine rings is 1. The standard InChI is InChI=1S/C23H23N3O2/c1-15-11-16(2)22-19(13-17(3)24-20(22)12-15)23(28)25-9-10-26(21(27)14-25)18-7-5-4-6-8-18/h4-8,11-13H,9-10,14H2,1-3H3. The number of carbonyl (C=O) groups is 2. The van der Waals surface area contributed by atoms with Crippen molar-refractivity contribution in [3.8, 4) is 0 Å². The van der Waals surface area contributed by atoms with Gasteiger partial charge in [0.1, 0.15) is 6.54 Å². The third-order valence-electron chi connectivity index (χ3n) is 5.18. The van der Waals surface area contributed by atoms with Crippen LogP contribution in [0.3, 0.4) is 0 Å². The normalized spacial score (nSPS) is 14.6. The van der Waals surface area contributed by atoms with Gasteiger partial charge >= 0.3 is 0 Å². The van der Waals surface area contributed by atoms with Gasteiger partial charge in [0.2, 0.25) is 5.91 Å². The van der Waals surface area contributed by atoms with Crippen LogP contribution in [0.2, 0.25) is 0 Å². The van der Waals surface area contributed by atoms with E-state index in [1.807, 2.05) is 63.2 Å². The van der Waals surface area contributed by atoms with Gasteiger partial charge in [-0.25, -0.2) is 0 Å². The number of amides is 2. The number of pyridine rings is 1. The van der Waals surface area contributed by atoms with Gasteiger partial charge in [-0.2, -0.15) is 0 Å². The summed E-state index contributed by atoms with van der Waals surface area (Å²) in [4.78, 5) is 34.0. The maximum Gasteiger partial charge on any atom is 0.255 e. The molecule has 142 valence electrons. The molecule has 2 amide bonds. The van der Waals surface area contributed by atoms with E-state index < -0.39 is 0 Å². The molecule has 4 rings (SSSR count). The van der Waals surface area contributed by atoms with Crippen molar-refractivity contribution in [2.45, 2.75) is 20.8 Å². The van der Waals surface area contributed by atoms with E-state index in [1.165, 1.54) is 0 Å². The molecule has 1 aliphatic heterocycles. The Hall–Kier alpha value is -3.21. The lowest BCUT2D eigenvalue weighted by Gasteiger charge is -2.34. The molecular formula is C23H23N3O2. The fourth-order valence-electron chi connectivity index (χ4n) is 3.95. The van der Waals surface area contributed by atoms with Gasteiger partial charge in [0.25, 0.3) is 5.91 Å². The number of aryl methyl sites for hydroxylation is 3. The smallest absolute Gasteiger partial charge is 0.255 e. The molecule has 0 radical (unpaired) electrons. The third-order valence-corrected chi connectivity index (χ3v) is 5.18. The highest BCUT2D eigenvalue weighted by atomic mass is 16.2. The lowest BCUT2D eigenvalue weighted by Crippen LogP contribution is -2.52. The third kappa shape index (κ3) is 3.24. The number of carbonyl (C=O) groups excluding carboxylic acids is 2. The van der Waals surface area contributed by atoms with Crippen molar-refractivity contribution in [2.75, 3.05) is 24.5 Å².